The molecule has 7 heteroatoms. The van der Waals surface area contributed by atoms with Gasteiger partial charge in [-0.25, -0.2) is 9.59 Å². The summed E-state index contributed by atoms with van der Waals surface area (Å²) in [5, 5.41) is 13.9. The number of urea groups is 1. The largest absolute Gasteiger partial charge is 0.480 e. The maximum absolute atomic E-state index is 12.0. The van der Waals surface area contributed by atoms with Gasteiger partial charge in [0.1, 0.15) is 6.04 Å². The third kappa shape index (κ3) is 5.52. The molecule has 1 atom stereocenters. The lowest BCUT2D eigenvalue weighted by molar-refractivity contribution is -0.139. The minimum absolute atomic E-state index is 0.254. The molecule has 0 fully saturated rings. The molecular weight excluding hydrogens is 274 g/mol. The number of hydrogen-bond donors (Lipinski definition) is 4. The maximum Gasteiger partial charge on any atom is 0.326 e. The van der Waals surface area contributed by atoms with Crippen LogP contribution in [0.2, 0.25) is 0 Å². The molecule has 0 aliphatic carbocycles. The molecule has 1 aromatic carbocycles. The fourth-order valence-electron chi connectivity index (χ4n) is 1.79. The number of primary amides is 1. The van der Waals surface area contributed by atoms with Crippen molar-refractivity contribution in [2.45, 2.75) is 32.2 Å². The Balaban J connectivity index is 2.77. The number of nitrogens with two attached hydrogens (primary N) is 1. The molecule has 114 valence electrons. The highest BCUT2D eigenvalue weighted by Crippen LogP contribution is 2.11. The number of carboxylic acids is 1. The zero-order valence-electron chi connectivity index (χ0n) is 11.8. The summed E-state index contributed by atoms with van der Waals surface area (Å²) in [6, 6.07) is 4.44. The highest BCUT2D eigenvalue weighted by Gasteiger charge is 2.20. The van der Waals surface area contributed by atoms with E-state index < -0.39 is 23.9 Å². The monoisotopic (exact) mass is 293 g/mol. The number of nitrogens with one attached hydrogen (secondary N) is 2. The molecule has 1 unspecified atom stereocenters. The van der Waals surface area contributed by atoms with Gasteiger partial charge in [-0.1, -0.05) is 25.8 Å². The Labute approximate surface area is 122 Å². The number of carboxylic acid groups (broad SMARTS) is 1. The summed E-state index contributed by atoms with van der Waals surface area (Å²) in [7, 11) is 0. The molecule has 0 radical (unpaired) electrons. The van der Waals surface area contributed by atoms with Crippen LogP contribution in [0.5, 0.6) is 0 Å². The fourth-order valence-corrected chi connectivity index (χ4v) is 1.79. The Hall–Kier alpha value is -2.57. The maximum atomic E-state index is 12.0. The number of unbranched alkanes of at least 4 members (excludes halogenated alkanes) is 1. The first-order valence-electron chi connectivity index (χ1n) is 6.64. The average Bonchev–Trinajstić information content (AvgIpc) is 2.42. The van der Waals surface area contributed by atoms with Crippen LogP contribution in [-0.2, 0) is 4.79 Å². The van der Waals surface area contributed by atoms with Gasteiger partial charge in [0.25, 0.3) is 5.91 Å². The van der Waals surface area contributed by atoms with E-state index in [0.29, 0.717) is 18.5 Å². The van der Waals surface area contributed by atoms with Gasteiger partial charge in [-0.15, -0.1) is 0 Å². The predicted octanol–water partition coefficient (Wildman–Crippen LogP) is 1.55. The SMILES string of the molecule is CCCCC(NC(=O)c1cccc(NC(N)=O)c1)C(=O)O. The molecule has 0 bridgehead atoms. The lowest BCUT2D eigenvalue weighted by Gasteiger charge is -2.14. The zero-order valence-corrected chi connectivity index (χ0v) is 11.8. The van der Waals surface area contributed by atoms with Gasteiger partial charge in [-0.05, 0) is 24.6 Å². The topological polar surface area (TPSA) is 122 Å². The first-order chi connectivity index (χ1) is 9.93. The van der Waals surface area contributed by atoms with E-state index in [4.69, 9.17) is 10.8 Å². The van der Waals surface area contributed by atoms with Crippen molar-refractivity contribution in [3.8, 4) is 0 Å². The number of aliphatic carboxylic acids is 1. The molecule has 0 saturated heterocycles. The molecule has 1 rings (SSSR count). The lowest BCUT2D eigenvalue weighted by atomic mass is 10.1. The number of rotatable bonds is 7. The molecule has 5 N–H and O–H groups in total. The number of anilines is 1. The number of amides is 3. The van der Waals surface area contributed by atoms with Crippen LogP contribution in [0.1, 0.15) is 36.5 Å². The third-order valence-electron chi connectivity index (χ3n) is 2.84. The number of hydrogen-bond acceptors (Lipinski definition) is 3. The van der Waals surface area contributed by atoms with Crippen LogP contribution >= 0.6 is 0 Å². The minimum atomic E-state index is -1.07. The summed E-state index contributed by atoms with van der Waals surface area (Å²) >= 11 is 0. The Morgan fingerprint density at radius 1 is 1.33 bits per heavy atom. The van der Waals surface area contributed by atoms with Crippen molar-refractivity contribution in [1.82, 2.24) is 5.32 Å². The summed E-state index contributed by atoms with van der Waals surface area (Å²) in [5.74, 6) is -1.57. The van der Waals surface area contributed by atoms with Crippen LogP contribution < -0.4 is 16.4 Å². The second-order valence-corrected chi connectivity index (χ2v) is 4.58. The van der Waals surface area contributed by atoms with E-state index in [1.165, 1.54) is 12.1 Å². The minimum Gasteiger partial charge on any atom is -0.480 e. The Morgan fingerprint density at radius 3 is 2.62 bits per heavy atom. The van der Waals surface area contributed by atoms with Crippen LogP contribution in [0.3, 0.4) is 0 Å². The lowest BCUT2D eigenvalue weighted by Crippen LogP contribution is -2.40. The van der Waals surface area contributed by atoms with Gasteiger partial charge in [0.2, 0.25) is 0 Å². The van der Waals surface area contributed by atoms with Crippen molar-refractivity contribution < 1.29 is 19.5 Å². The average molecular weight is 293 g/mol. The van der Waals surface area contributed by atoms with E-state index in [1.54, 1.807) is 12.1 Å². The molecule has 1 aromatic rings. The van der Waals surface area contributed by atoms with Crippen LogP contribution in [0.25, 0.3) is 0 Å². The molecule has 0 spiro atoms. The summed E-state index contributed by atoms with van der Waals surface area (Å²) in [4.78, 5) is 33.9. The highest BCUT2D eigenvalue weighted by molar-refractivity contribution is 5.98. The molecule has 0 aliphatic rings. The molecule has 0 aliphatic heterocycles. The van der Waals surface area contributed by atoms with Gasteiger partial charge in [-0.3, -0.25) is 4.79 Å². The normalized spacial score (nSPS) is 11.5. The summed E-state index contributed by atoms with van der Waals surface area (Å²) < 4.78 is 0. The number of benzene rings is 1. The van der Waals surface area contributed by atoms with E-state index in [-0.39, 0.29) is 5.56 Å². The predicted molar refractivity (Wildman–Crippen MR) is 78.1 cm³/mol. The molecule has 0 aromatic heterocycles. The second kappa shape index (κ2) is 7.88. The van der Waals surface area contributed by atoms with Crippen molar-refractivity contribution in [3.63, 3.8) is 0 Å². The summed E-state index contributed by atoms with van der Waals surface area (Å²) in [6.45, 7) is 1.94. The Morgan fingerprint density at radius 2 is 2.05 bits per heavy atom. The van der Waals surface area contributed by atoms with Crippen molar-refractivity contribution in [2.75, 3.05) is 5.32 Å². The van der Waals surface area contributed by atoms with Crippen LogP contribution in [-0.4, -0.2) is 29.1 Å². The van der Waals surface area contributed by atoms with Gasteiger partial charge in [0, 0.05) is 11.3 Å². The quantitative estimate of drug-likeness (QED) is 0.609. The first-order valence-corrected chi connectivity index (χ1v) is 6.64. The van der Waals surface area contributed by atoms with E-state index in [1.807, 2.05) is 6.92 Å². The highest BCUT2D eigenvalue weighted by atomic mass is 16.4. The van der Waals surface area contributed by atoms with E-state index in [0.717, 1.165) is 6.42 Å². The van der Waals surface area contributed by atoms with Gasteiger partial charge in [0.15, 0.2) is 0 Å². The molecule has 0 heterocycles. The third-order valence-corrected chi connectivity index (χ3v) is 2.84. The standard InChI is InChI=1S/C14H19N3O4/c1-2-3-7-11(13(19)20)17-12(18)9-5-4-6-10(8-9)16-14(15)21/h4-6,8,11H,2-3,7H2,1H3,(H,17,18)(H,19,20)(H3,15,16,21). The molecule has 7 nitrogen and oxygen atoms in total. The van der Waals surface area contributed by atoms with Crippen molar-refractivity contribution in [1.29, 1.82) is 0 Å². The van der Waals surface area contributed by atoms with Crippen molar-refractivity contribution in [2.24, 2.45) is 5.73 Å². The smallest absolute Gasteiger partial charge is 0.326 e. The Kier molecular flexibility index (Phi) is 6.19. The van der Waals surface area contributed by atoms with Crippen molar-refractivity contribution in [3.05, 3.63) is 29.8 Å². The Bertz CT molecular complexity index is 531. The van der Waals surface area contributed by atoms with E-state index >= 15 is 0 Å². The molecule has 3 amide bonds. The molecular formula is C14H19N3O4. The summed E-state index contributed by atoms with van der Waals surface area (Å²) in [6.07, 6.45) is 1.93. The van der Waals surface area contributed by atoms with Gasteiger partial charge >= 0.3 is 12.0 Å². The first kappa shape index (κ1) is 16.5. The van der Waals surface area contributed by atoms with Gasteiger partial charge in [-0.2, -0.15) is 0 Å². The van der Waals surface area contributed by atoms with E-state index in [9.17, 15) is 14.4 Å². The van der Waals surface area contributed by atoms with Gasteiger partial charge in [0.05, 0.1) is 0 Å². The van der Waals surface area contributed by atoms with Crippen LogP contribution in [0, 0.1) is 0 Å². The fraction of sp³-hybridized carbons (Fsp3) is 0.357. The van der Waals surface area contributed by atoms with Gasteiger partial charge < -0.3 is 21.5 Å². The second-order valence-electron chi connectivity index (χ2n) is 4.58. The molecule has 21 heavy (non-hydrogen) atoms. The van der Waals surface area contributed by atoms with Crippen LogP contribution in [0.4, 0.5) is 10.5 Å². The van der Waals surface area contributed by atoms with Crippen molar-refractivity contribution >= 4 is 23.6 Å². The summed E-state index contributed by atoms with van der Waals surface area (Å²) in [5.41, 5.74) is 5.62. The zero-order chi connectivity index (χ0) is 15.8. The van der Waals surface area contributed by atoms with E-state index in [2.05, 4.69) is 10.6 Å². The van der Waals surface area contributed by atoms with Crippen LogP contribution in [0.15, 0.2) is 24.3 Å². The molecule has 0 saturated carbocycles. The number of carbonyl (C=O) groups is 3. The number of carbonyl (C=O) groups excluding carboxylic acids is 2.